The first-order valence-electron chi connectivity index (χ1n) is 8.77. The maximum absolute atomic E-state index is 10.2. The summed E-state index contributed by atoms with van der Waals surface area (Å²) in [5, 5.41) is 10.7. The summed E-state index contributed by atoms with van der Waals surface area (Å²) in [6.45, 7) is 3.29. The van der Waals surface area contributed by atoms with E-state index in [4.69, 9.17) is 5.73 Å². The van der Waals surface area contributed by atoms with Crippen LogP contribution in [-0.4, -0.2) is 35.2 Å². The highest BCUT2D eigenvalue weighted by Gasteiger charge is 2.25. The Kier molecular flexibility index (Phi) is 6.33. The largest absolute Gasteiger partial charge is 0.459 e. The molecule has 0 bridgehead atoms. The van der Waals surface area contributed by atoms with Gasteiger partial charge in [-0.25, -0.2) is 0 Å². The Morgan fingerprint density at radius 3 is 2.85 bits per heavy atom. The van der Waals surface area contributed by atoms with Gasteiger partial charge in [0.15, 0.2) is 5.76 Å². The van der Waals surface area contributed by atoms with E-state index in [1.165, 1.54) is 27.0 Å². The summed E-state index contributed by atoms with van der Waals surface area (Å²) in [6.07, 6.45) is 3.63. The lowest BCUT2D eigenvalue weighted by Gasteiger charge is -2.27. The van der Waals surface area contributed by atoms with Crippen LogP contribution in [0.25, 0.3) is 10.9 Å². The minimum Gasteiger partial charge on any atom is -0.459 e. The first-order valence-corrected chi connectivity index (χ1v) is 9.85. The van der Waals surface area contributed by atoms with Crippen LogP contribution in [-0.2, 0) is 0 Å². The van der Waals surface area contributed by atoms with Gasteiger partial charge < -0.3 is 20.2 Å². The minimum absolute atomic E-state index is 0.199. The molecule has 27 heavy (non-hydrogen) atoms. The topological polar surface area (TPSA) is 92.6 Å². The molecule has 1 atom stereocenters. The number of pyridine rings is 1. The molecule has 0 saturated carbocycles. The lowest BCUT2D eigenvalue weighted by Crippen LogP contribution is -2.32. The molecule has 1 aromatic carbocycles. The second-order valence-electron chi connectivity index (χ2n) is 6.46. The van der Waals surface area contributed by atoms with Gasteiger partial charge in [-0.15, -0.1) is 0 Å². The van der Waals surface area contributed by atoms with Crippen LogP contribution >= 0.6 is 22.6 Å². The molecule has 2 aromatic heterocycles. The van der Waals surface area contributed by atoms with Crippen molar-refractivity contribution >= 4 is 45.1 Å². The number of primary amides is 1. The number of aryl methyl sites for hydroxylation is 1. The second kappa shape index (κ2) is 8.71. The summed E-state index contributed by atoms with van der Waals surface area (Å²) >= 11 is 2.32. The number of nitrogens with two attached hydrogens (primary N) is 1. The standard InChI is InChI=1S/C15H17IN2O.C5H5NO2/c1-10-7-15(18-6-2-3-12(18)9-19)13-5-4-11(16)8-14(13)17-10;6-5(7)4-2-1-3-8-4/h4-5,7-8,12,19H,2-3,6,9H2,1H3;1-3H,(H2,6,7)/t12-;/m0./s1. The monoisotopic (exact) mass is 479 g/mol. The predicted molar refractivity (Wildman–Crippen MR) is 114 cm³/mol. The van der Waals surface area contributed by atoms with Gasteiger partial charge in [-0.05, 0) is 78.8 Å². The van der Waals surface area contributed by atoms with Gasteiger partial charge in [0.2, 0.25) is 0 Å². The molecule has 3 heterocycles. The number of rotatable bonds is 3. The minimum atomic E-state index is -0.532. The van der Waals surface area contributed by atoms with E-state index >= 15 is 0 Å². The average Bonchev–Trinajstić information content (AvgIpc) is 3.32. The van der Waals surface area contributed by atoms with Crippen molar-refractivity contribution in [3.63, 3.8) is 0 Å². The molecule has 0 spiro atoms. The number of fused-ring (bicyclic) bond motifs is 1. The number of furan rings is 1. The summed E-state index contributed by atoms with van der Waals surface area (Å²) in [6, 6.07) is 11.9. The van der Waals surface area contributed by atoms with E-state index in [1.807, 2.05) is 6.92 Å². The number of aromatic nitrogens is 1. The number of carbonyl (C=O) groups excluding carboxylic acids is 1. The molecular formula is C20H22IN3O3. The highest BCUT2D eigenvalue weighted by molar-refractivity contribution is 14.1. The van der Waals surface area contributed by atoms with Crippen LogP contribution in [0.1, 0.15) is 29.1 Å². The lowest BCUT2D eigenvalue weighted by molar-refractivity contribution is 0.0974. The van der Waals surface area contributed by atoms with Crippen LogP contribution in [0.3, 0.4) is 0 Å². The summed E-state index contributed by atoms with van der Waals surface area (Å²) < 4.78 is 5.82. The predicted octanol–water partition coefficient (Wildman–Crippen LogP) is 3.49. The zero-order chi connectivity index (χ0) is 19.4. The fraction of sp³-hybridized carbons (Fsp3) is 0.300. The van der Waals surface area contributed by atoms with Crippen molar-refractivity contribution in [2.24, 2.45) is 5.73 Å². The van der Waals surface area contributed by atoms with Gasteiger partial charge in [0.1, 0.15) is 0 Å². The van der Waals surface area contributed by atoms with Crippen molar-refractivity contribution in [3.8, 4) is 0 Å². The van der Waals surface area contributed by atoms with Crippen LogP contribution in [0.15, 0.2) is 47.1 Å². The fourth-order valence-electron chi connectivity index (χ4n) is 3.31. The number of aliphatic hydroxyl groups excluding tert-OH is 1. The van der Waals surface area contributed by atoms with E-state index in [2.05, 4.69) is 61.2 Å². The third kappa shape index (κ3) is 4.59. The number of halogens is 1. The van der Waals surface area contributed by atoms with Gasteiger partial charge in [-0.2, -0.15) is 0 Å². The Morgan fingerprint density at radius 2 is 2.22 bits per heavy atom. The summed E-state index contributed by atoms with van der Waals surface area (Å²) in [7, 11) is 0. The summed E-state index contributed by atoms with van der Waals surface area (Å²) in [5.41, 5.74) is 8.13. The zero-order valence-electron chi connectivity index (χ0n) is 15.1. The van der Waals surface area contributed by atoms with Crippen molar-refractivity contribution in [1.82, 2.24) is 4.98 Å². The quantitative estimate of drug-likeness (QED) is 0.562. The van der Waals surface area contributed by atoms with Gasteiger partial charge in [0.05, 0.1) is 24.4 Å². The molecule has 1 aliphatic rings. The molecule has 1 amide bonds. The van der Waals surface area contributed by atoms with Gasteiger partial charge in [0.25, 0.3) is 5.91 Å². The van der Waals surface area contributed by atoms with Crippen LogP contribution in [0.5, 0.6) is 0 Å². The van der Waals surface area contributed by atoms with Crippen molar-refractivity contribution in [1.29, 1.82) is 0 Å². The van der Waals surface area contributed by atoms with Crippen molar-refractivity contribution in [2.75, 3.05) is 18.1 Å². The normalized spacial score (nSPS) is 16.3. The molecule has 0 unspecified atom stereocenters. The Bertz CT molecular complexity index is 922. The van der Waals surface area contributed by atoms with E-state index in [-0.39, 0.29) is 18.4 Å². The molecule has 1 fully saturated rings. The first kappa shape index (κ1) is 19.6. The van der Waals surface area contributed by atoms with Crippen molar-refractivity contribution in [3.05, 3.63) is 57.7 Å². The third-order valence-electron chi connectivity index (χ3n) is 4.54. The number of anilines is 1. The van der Waals surface area contributed by atoms with E-state index in [9.17, 15) is 9.90 Å². The molecule has 0 aliphatic carbocycles. The zero-order valence-corrected chi connectivity index (χ0v) is 17.2. The number of carbonyl (C=O) groups is 1. The van der Waals surface area contributed by atoms with Crippen LogP contribution < -0.4 is 10.6 Å². The first-order chi connectivity index (χ1) is 13.0. The van der Waals surface area contributed by atoms with Crippen molar-refractivity contribution < 1.29 is 14.3 Å². The molecule has 7 heteroatoms. The van der Waals surface area contributed by atoms with E-state index in [0.717, 1.165) is 30.6 Å². The number of amides is 1. The summed E-state index contributed by atoms with van der Waals surface area (Å²) in [4.78, 5) is 17.2. The van der Waals surface area contributed by atoms with E-state index in [1.54, 1.807) is 6.07 Å². The Balaban J connectivity index is 0.000000221. The second-order valence-corrected chi connectivity index (χ2v) is 7.70. The maximum atomic E-state index is 10.2. The smallest absolute Gasteiger partial charge is 0.284 e. The molecule has 3 N–H and O–H groups in total. The number of hydrogen-bond donors (Lipinski definition) is 2. The SMILES string of the molecule is Cc1cc(N2CCC[C@H]2CO)c2ccc(I)cc2n1.NC(=O)c1ccco1. The molecular weight excluding hydrogens is 457 g/mol. The van der Waals surface area contributed by atoms with E-state index < -0.39 is 5.91 Å². The highest BCUT2D eigenvalue weighted by atomic mass is 127. The average molecular weight is 479 g/mol. The fourth-order valence-corrected chi connectivity index (χ4v) is 3.79. The van der Waals surface area contributed by atoms with Gasteiger partial charge in [-0.1, -0.05) is 0 Å². The van der Waals surface area contributed by atoms with Gasteiger partial charge >= 0.3 is 0 Å². The highest BCUT2D eigenvalue weighted by Crippen LogP contribution is 2.32. The lowest BCUT2D eigenvalue weighted by atomic mass is 10.1. The number of aliphatic hydroxyl groups is 1. The molecule has 0 radical (unpaired) electrons. The molecule has 3 aromatic rings. The Morgan fingerprint density at radius 1 is 1.41 bits per heavy atom. The third-order valence-corrected chi connectivity index (χ3v) is 5.21. The maximum Gasteiger partial charge on any atom is 0.284 e. The van der Waals surface area contributed by atoms with Crippen LogP contribution in [0.2, 0.25) is 0 Å². The van der Waals surface area contributed by atoms with Gasteiger partial charge in [0, 0.05) is 26.9 Å². The summed E-state index contributed by atoms with van der Waals surface area (Å²) in [5.74, 6) is -0.333. The molecule has 4 rings (SSSR count). The molecule has 6 nitrogen and oxygen atoms in total. The number of nitrogens with zero attached hydrogens (tertiary/aromatic N) is 2. The number of hydrogen-bond acceptors (Lipinski definition) is 5. The van der Waals surface area contributed by atoms with Crippen molar-refractivity contribution in [2.45, 2.75) is 25.8 Å². The molecule has 1 saturated heterocycles. The van der Waals surface area contributed by atoms with Crippen LogP contribution in [0, 0.1) is 10.5 Å². The number of benzene rings is 1. The molecule has 1 aliphatic heterocycles. The van der Waals surface area contributed by atoms with Gasteiger partial charge in [-0.3, -0.25) is 9.78 Å². The Hall–Kier alpha value is -2.13. The van der Waals surface area contributed by atoms with E-state index in [0.29, 0.717) is 0 Å². The Labute approximate surface area is 171 Å². The van der Waals surface area contributed by atoms with Crippen LogP contribution in [0.4, 0.5) is 5.69 Å². The molecule has 142 valence electrons.